The summed E-state index contributed by atoms with van der Waals surface area (Å²) in [5.74, 6) is 0.780. The SMILES string of the molecule is [CH][N+](C)=C([N+]([CH])(C)C)[N+]([CH])(C)CCN1CCCCCCC1. The number of guanidine groups is 1. The molecular formula is C17H33N4+3. The molecule has 6 radical (unpaired) electrons. The Kier molecular flexibility index (Phi) is 6.82. The van der Waals surface area contributed by atoms with E-state index in [-0.39, 0.29) is 8.97 Å². The molecule has 1 fully saturated rings. The first-order valence-electron chi connectivity index (χ1n) is 8.00. The predicted octanol–water partition coefficient (Wildman–Crippen LogP) is 1.78. The van der Waals surface area contributed by atoms with Crippen LogP contribution in [0.3, 0.4) is 0 Å². The Morgan fingerprint density at radius 1 is 1.00 bits per heavy atom. The van der Waals surface area contributed by atoms with Crippen LogP contribution in [0.15, 0.2) is 0 Å². The van der Waals surface area contributed by atoms with Crippen molar-refractivity contribution in [2.75, 3.05) is 54.4 Å². The Labute approximate surface area is 132 Å². The van der Waals surface area contributed by atoms with Crippen molar-refractivity contribution in [2.24, 2.45) is 0 Å². The molecular weight excluding hydrogens is 260 g/mol. The van der Waals surface area contributed by atoms with Crippen LogP contribution in [0, 0.1) is 21.1 Å². The van der Waals surface area contributed by atoms with Gasteiger partial charge in [0, 0.05) is 6.54 Å². The summed E-state index contributed by atoms with van der Waals surface area (Å²) in [5.41, 5.74) is 0. The molecule has 0 bridgehead atoms. The molecule has 0 aliphatic carbocycles. The van der Waals surface area contributed by atoms with Crippen LogP contribution in [0.1, 0.15) is 32.1 Å². The molecule has 1 saturated heterocycles. The first-order chi connectivity index (χ1) is 9.64. The van der Waals surface area contributed by atoms with Crippen molar-refractivity contribution < 1.29 is 13.5 Å². The first-order valence-corrected chi connectivity index (χ1v) is 8.00. The highest BCUT2D eigenvalue weighted by Gasteiger charge is 2.45. The molecule has 1 aliphatic rings. The molecule has 0 aromatic heterocycles. The molecule has 4 nitrogen and oxygen atoms in total. The van der Waals surface area contributed by atoms with Gasteiger partial charge in [0.05, 0.1) is 21.1 Å². The summed E-state index contributed by atoms with van der Waals surface area (Å²) in [5, 5.41) is 0. The van der Waals surface area contributed by atoms with Crippen LogP contribution in [0.25, 0.3) is 0 Å². The molecule has 0 N–H and O–H groups in total. The number of hydrogen-bond acceptors (Lipinski definition) is 1. The van der Waals surface area contributed by atoms with Crippen molar-refractivity contribution in [1.29, 1.82) is 0 Å². The van der Waals surface area contributed by atoms with Gasteiger partial charge in [-0.25, -0.2) is 0 Å². The lowest BCUT2D eigenvalue weighted by Gasteiger charge is -2.32. The van der Waals surface area contributed by atoms with Gasteiger partial charge in [0.1, 0.15) is 13.6 Å². The third-order valence-electron chi connectivity index (χ3n) is 4.12. The van der Waals surface area contributed by atoms with E-state index in [9.17, 15) is 0 Å². The quantitative estimate of drug-likeness (QED) is 0.253. The Bertz CT molecular complexity index is 340. The van der Waals surface area contributed by atoms with Gasteiger partial charge in [-0.1, -0.05) is 19.3 Å². The van der Waals surface area contributed by atoms with Crippen molar-refractivity contribution >= 4 is 5.96 Å². The largest absolute Gasteiger partial charge is 0.534 e. The van der Waals surface area contributed by atoms with Crippen LogP contribution < -0.4 is 0 Å². The smallest absolute Gasteiger partial charge is 0.298 e. The van der Waals surface area contributed by atoms with Gasteiger partial charge < -0.3 is 0 Å². The summed E-state index contributed by atoms with van der Waals surface area (Å²) in [7, 11) is 26.2. The van der Waals surface area contributed by atoms with Gasteiger partial charge in [0.15, 0.2) is 0 Å². The number of likely N-dealkylation sites (tertiary alicyclic amines) is 1. The van der Waals surface area contributed by atoms with E-state index in [0.717, 1.165) is 19.0 Å². The lowest BCUT2D eigenvalue weighted by Crippen LogP contribution is -2.61. The normalized spacial score (nSPS) is 20.7. The van der Waals surface area contributed by atoms with E-state index in [4.69, 9.17) is 21.1 Å². The summed E-state index contributed by atoms with van der Waals surface area (Å²) in [6, 6.07) is 0. The topological polar surface area (TPSA) is 6.25 Å². The number of nitrogens with zero attached hydrogens (tertiary/aromatic N) is 4. The minimum Gasteiger partial charge on any atom is -0.298 e. The number of hydrogen-bond donors (Lipinski definition) is 0. The summed E-state index contributed by atoms with van der Waals surface area (Å²) in [6.07, 6.45) is 6.66. The lowest BCUT2D eigenvalue weighted by molar-refractivity contribution is -0.922. The van der Waals surface area contributed by atoms with E-state index < -0.39 is 0 Å². The molecule has 1 rings (SSSR count). The second kappa shape index (κ2) is 7.70. The molecule has 1 aliphatic heterocycles. The van der Waals surface area contributed by atoms with Gasteiger partial charge in [0.2, 0.25) is 14.1 Å². The predicted molar refractivity (Wildman–Crippen MR) is 86.8 cm³/mol. The molecule has 4 heteroatoms. The number of quaternary nitrogens is 2. The van der Waals surface area contributed by atoms with E-state index in [2.05, 4.69) is 4.90 Å². The summed E-state index contributed by atoms with van der Waals surface area (Å²) < 4.78 is 1.90. The van der Waals surface area contributed by atoms with Crippen molar-refractivity contribution in [3.8, 4) is 0 Å². The fourth-order valence-electron chi connectivity index (χ4n) is 3.34. The van der Waals surface area contributed by atoms with Gasteiger partial charge in [-0.2, -0.15) is 8.97 Å². The Hall–Kier alpha value is -0.450. The van der Waals surface area contributed by atoms with Crippen LogP contribution in [-0.2, 0) is 0 Å². The zero-order valence-electron chi connectivity index (χ0n) is 14.4. The number of rotatable bonds is 3. The van der Waals surface area contributed by atoms with Crippen LogP contribution in [-0.4, -0.2) is 78.8 Å². The van der Waals surface area contributed by atoms with Gasteiger partial charge in [0.25, 0.3) is 7.05 Å². The maximum absolute atomic E-state index is 6.49. The van der Waals surface area contributed by atoms with Crippen LogP contribution in [0.5, 0.6) is 0 Å². The lowest BCUT2D eigenvalue weighted by atomic mass is 10.1. The van der Waals surface area contributed by atoms with Crippen LogP contribution in [0.2, 0.25) is 0 Å². The highest BCUT2D eigenvalue weighted by Crippen LogP contribution is 2.14. The second-order valence-electron chi connectivity index (χ2n) is 7.05. The third-order valence-corrected chi connectivity index (χ3v) is 4.12. The molecule has 0 aromatic carbocycles. The van der Waals surface area contributed by atoms with E-state index in [1.807, 2.05) is 21.1 Å². The van der Waals surface area contributed by atoms with E-state index >= 15 is 0 Å². The third kappa shape index (κ3) is 6.05. The minimum atomic E-state index is 0.139. The summed E-state index contributed by atoms with van der Waals surface area (Å²) in [6.45, 7) is 4.13. The van der Waals surface area contributed by atoms with Crippen LogP contribution in [0.4, 0.5) is 0 Å². The molecule has 21 heavy (non-hydrogen) atoms. The maximum atomic E-state index is 6.49. The number of likely N-dealkylation sites (N-methyl/N-ethyl adjacent to an activating group) is 1. The fourth-order valence-corrected chi connectivity index (χ4v) is 3.34. The van der Waals surface area contributed by atoms with E-state index in [0.29, 0.717) is 0 Å². The Balaban J connectivity index is 2.68. The average Bonchev–Trinajstić information content (AvgIpc) is 2.23. The Morgan fingerprint density at radius 2 is 1.48 bits per heavy atom. The molecule has 0 aromatic rings. The van der Waals surface area contributed by atoms with Gasteiger partial charge >= 0.3 is 5.96 Å². The average molecular weight is 293 g/mol. The van der Waals surface area contributed by atoms with Crippen molar-refractivity contribution in [3.05, 3.63) is 21.1 Å². The Morgan fingerprint density at radius 3 is 1.90 bits per heavy atom. The molecule has 1 heterocycles. The maximum Gasteiger partial charge on any atom is 0.534 e. The highest BCUT2D eigenvalue weighted by molar-refractivity contribution is 5.60. The monoisotopic (exact) mass is 293 g/mol. The zero-order valence-corrected chi connectivity index (χ0v) is 14.4. The molecule has 1 unspecified atom stereocenters. The molecule has 0 saturated carbocycles. The van der Waals surface area contributed by atoms with E-state index in [1.54, 1.807) is 11.6 Å². The first kappa shape index (κ1) is 18.6. The molecule has 118 valence electrons. The summed E-state index contributed by atoms with van der Waals surface area (Å²) in [4.78, 5) is 2.52. The van der Waals surface area contributed by atoms with Crippen molar-refractivity contribution in [2.45, 2.75) is 32.1 Å². The van der Waals surface area contributed by atoms with Gasteiger partial charge in [-0.3, -0.25) is 4.90 Å². The molecule has 0 amide bonds. The minimum absolute atomic E-state index is 0.139. The van der Waals surface area contributed by atoms with E-state index in [1.165, 1.54) is 45.2 Å². The molecule has 0 spiro atoms. The van der Waals surface area contributed by atoms with Gasteiger partial charge in [-0.05, 0) is 25.9 Å². The standard InChI is InChI=1S/C17H33N4/c1-18(2)17(20(3,4)5)21(6,7)16-15-19-13-11-9-8-10-12-14-19/h1,3,6H,8-16H2,2,4-5,7H3/q+3. The van der Waals surface area contributed by atoms with Crippen molar-refractivity contribution in [1.82, 2.24) is 4.90 Å². The van der Waals surface area contributed by atoms with Crippen molar-refractivity contribution in [3.63, 3.8) is 0 Å². The fraction of sp³-hybridized carbons (Fsp3) is 0.765. The molecule has 1 atom stereocenters. The zero-order chi connectivity index (χ0) is 16.1. The summed E-state index contributed by atoms with van der Waals surface area (Å²) >= 11 is 0. The van der Waals surface area contributed by atoms with Gasteiger partial charge in [-0.15, -0.1) is 4.58 Å². The van der Waals surface area contributed by atoms with Crippen LogP contribution >= 0.6 is 0 Å². The highest BCUT2D eigenvalue weighted by atomic mass is 15.5. The second-order valence-corrected chi connectivity index (χ2v) is 7.05.